The van der Waals surface area contributed by atoms with E-state index in [1.165, 1.54) is 17.4 Å². The highest BCUT2D eigenvalue weighted by Gasteiger charge is 2.25. The minimum atomic E-state index is -0.406. The highest BCUT2D eigenvalue weighted by atomic mass is 32.1. The standard InChI is InChI=1S/C26H25FN8O2S/c27-20-7-2-1-5-18(20)15-23(36)30-26-34-33-25(38-26)17-10-13-35(14-11-17)22-9-8-21(31-32-22)29-24(37)16-19-6-3-4-12-28-19/h1-9,12,17H,10-11,13-16H2,(H,29,31,37)(H,30,34,36). The Morgan fingerprint density at radius 2 is 1.68 bits per heavy atom. The number of carbonyl (C=O) groups excluding carboxylic acids is 2. The minimum absolute atomic E-state index is 0.0618. The van der Waals surface area contributed by atoms with Gasteiger partial charge in [-0.05, 0) is 48.7 Å². The number of hydrogen-bond acceptors (Lipinski definition) is 9. The van der Waals surface area contributed by atoms with E-state index in [0.717, 1.165) is 36.8 Å². The molecule has 12 heteroatoms. The number of halogens is 1. The fourth-order valence-corrected chi connectivity index (χ4v) is 5.13. The van der Waals surface area contributed by atoms with Crippen molar-refractivity contribution < 1.29 is 14.0 Å². The van der Waals surface area contributed by atoms with Crippen LogP contribution in [0.4, 0.5) is 21.2 Å². The van der Waals surface area contributed by atoms with Crippen LogP contribution in [-0.2, 0) is 22.4 Å². The number of anilines is 3. The Hall–Kier alpha value is -4.32. The quantitative estimate of drug-likeness (QED) is 0.353. The van der Waals surface area contributed by atoms with Gasteiger partial charge in [0, 0.05) is 30.9 Å². The fraction of sp³-hybridized carbons (Fsp3) is 0.269. The van der Waals surface area contributed by atoms with Crippen LogP contribution < -0.4 is 15.5 Å². The fourth-order valence-electron chi connectivity index (χ4n) is 4.20. The van der Waals surface area contributed by atoms with E-state index >= 15 is 0 Å². The van der Waals surface area contributed by atoms with Crippen molar-refractivity contribution in [2.45, 2.75) is 31.6 Å². The number of hydrogen-bond donors (Lipinski definition) is 2. The lowest BCUT2D eigenvalue weighted by molar-refractivity contribution is -0.116. The lowest BCUT2D eigenvalue weighted by Gasteiger charge is -2.31. The highest BCUT2D eigenvalue weighted by Crippen LogP contribution is 2.33. The number of amides is 2. The zero-order chi connectivity index (χ0) is 26.3. The normalized spacial score (nSPS) is 13.8. The number of rotatable bonds is 8. The molecule has 1 fully saturated rings. The lowest BCUT2D eigenvalue weighted by atomic mass is 9.98. The van der Waals surface area contributed by atoms with Gasteiger partial charge in [0.05, 0.1) is 12.8 Å². The van der Waals surface area contributed by atoms with Crippen molar-refractivity contribution in [1.29, 1.82) is 0 Å². The van der Waals surface area contributed by atoms with E-state index in [1.54, 1.807) is 42.6 Å². The Bertz CT molecular complexity index is 1390. The molecule has 10 nitrogen and oxygen atoms in total. The molecule has 0 saturated carbocycles. The maximum Gasteiger partial charge on any atom is 0.231 e. The highest BCUT2D eigenvalue weighted by molar-refractivity contribution is 7.15. The summed E-state index contributed by atoms with van der Waals surface area (Å²) in [6.45, 7) is 1.53. The Kier molecular flexibility index (Phi) is 7.88. The van der Waals surface area contributed by atoms with E-state index in [0.29, 0.717) is 22.2 Å². The Morgan fingerprint density at radius 3 is 2.42 bits per heavy atom. The Labute approximate surface area is 222 Å². The molecule has 0 spiro atoms. The molecule has 0 aliphatic carbocycles. The summed E-state index contributed by atoms with van der Waals surface area (Å²) in [6, 6.07) is 15.2. The smallest absolute Gasteiger partial charge is 0.231 e. The van der Waals surface area contributed by atoms with Crippen LogP contribution in [0, 0.1) is 5.82 Å². The van der Waals surface area contributed by atoms with Gasteiger partial charge in [-0.2, -0.15) is 0 Å². The zero-order valence-electron chi connectivity index (χ0n) is 20.4. The number of aromatic nitrogens is 5. The van der Waals surface area contributed by atoms with Crippen molar-refractivity contribution in [3.8, 4) is 0 Å². The van der Waals surface area contributed by atoms with E-state index < -0.39 is 5.82 Å². The first-order valence-electron chi connectivity index (χ1n) is 12.2. The van der Waals surface area contributed by atoms with Gasteiger partial charge in [0.25, 0.3) is 0 Å². The van der Waals surface area contributed by atoms with Crippen molar-refractivity contribution in [2.24, 2.45) is 0 Å². The largest absolute Gasteiger partial charge is 0.355 e. The van der Waals surface area contributed by atoms with Crippen molar-refractivity contribution in [1.82, 2.24) is 25.4 Å². The molecule has 1 saturated heterocycles. The molecule has 38 heavy (non-hydrogen) atoms. The van der Waals surface area contributed by atoms with Gasteiger partial charge in [-0.3, -0.25) is 14.6 Å². The van der Waals surface area contributed by atoms with Gasteiger partial charge in [0.15, 0.2) is 11.6 Å². The van der Waals surface area contributed by atoms with Crippen LogP contribution in [0.5, 0.6) is 0 Å². The molecule has 194 valence electrons. The monoisotopic (exact) mass is 532 g/mol. The van der Waals surface area contributed by atoms with Crippen LogP contribution in [0.15, 0.2) is 60.8 Å². The predicted octanol–water partition coefficient (Wildman–Crippen LogP) is 3.61. The molecule has 4 aromatic rings. The summed E-state index contributed by atoms with van der Waals surface area (Å²) < 4.78 is 13.8. The molecule has 1 aromatic carbocycles. The van der Waals surface area contributed by atoms with Gasteiger partial charge in [-0.1, -0.05) is 35.6 Å². The first-order valence-corrected chi connectivity index (χ1v) is 13.0. The second kappa shape index (κ2) is 11.8. The molecule has 0 radical (unpaired) electrons. The Balaban J connectivity index is 1.09. The molecular formula is C26H25FN8O2S. The summed E-state index contributed by atoms with van der Waals surface area (Å²) in [4.78, 5) is 30.8. The van der Waals surface area contributed by atoms with Crippen molar-refractivity contribution >= 4 is 39.9 Å². The number of carbonyl (C=O) groups is 2. The predicted molar refractivity (Wildman–Crippen MR) is 141 cm³/mol. The van der Waals surface area contributed by atoms with Crippen LogP contribution >= 0.6 is 11.3 Å². The number of pyridine rings is 1. The maximum absolute atomic E-state index is 13.8. The van der Waals surface area contributed by atoms with Gasteiger partial charge >= 0.3 is 0 Å². The van der Waals surface area contributed by atoms with Gasteiger partial charge in [0.2, 0.25) is 16.9 Å². The third-order valence-corrected chi connectivity index (χ3v) is 7.15. The average Bonchev–Trinajstić information content (AvgIpc) is 3.39. The van der Waals surface area contributed by atoms with E-state index in [2.05, 4.69) is 40.9 Å². The van der Waals surface area contributed by atoms with Crippen LogP contribution in [0.3, 0.4) is 0 Å². The second-order valence-electron chi connectivity index (χ2n) is 8.85. The second-order valence-corrected chi connectivity index (χ2v) is 9.86. The van der Waals surface area contributed by atoms with Crippen molar-refractivity contribution in [3.05, 3.63) is 82.9 Å². The van der Waals surface area contributed by atoms with Crippen molar-refractivity contribution in [3.63, 3.8) is 0 Å². The van der Waals surface area contributed by atoms with E-state index in [1.807, 2.05) is 12.1 Å². The number of nitrogens with zero attached hydrogens (tertiary/aromatic N) is 6. The van der Waals surface area contributed by atoms with E-state index in [9.17, 15) is 14.0 Å². The SMILES string of the molecule is O=C(Cc1ccccn1)Nc1ccc(N2CCC(c3nnc(NC(=O)Cc4ccccc4F)s3)CC2)nn1. The molecule has 1 aliphatic rings. The molecular weight excluding hydrogens is 507 g/mol. The molecule has 3 aromatic heterocycles. The third-order valence-electron chi connectivity index (χ3n) is 6.15. The summed E-state index contributed by atoms with van der Waals surface area (Å²) in [5.74, 6) is 0.414. The Morgan fingerprint density at radius 1 is 0.895 bits per heavy atom. The van der Waals surface area contributed by atoms with Gasteiger partial charge in [0.1, 0.15) is 10.8 Å². The average molecular weight is 533 g/mol. The van der Waals surface area contributed by atoms with Gasteiger partial charge in [-0.25, -0.2) is 4.39 Å². The molecule has 2 amide bonds. The molecule has 0 unspecified atom stereocenters. The maximum atomic E-state index is 13.8. The molecule has 4 heterocycles. The minimum Gasteiger partial charge on any atom is -0.355 e. The molecule has 1 aliphatic heterocycles. The van der Waals surface area contributed by atoms with Gasteiger partial charge < -0.3 is 15.5 Å². The first kappa shape index (κ1) is 25.3. The van der Waals surface area contributed by atoms with Crippen molar-refractivity contribution in [2.75, 3.05) is 28.6 Å². The molecule has 5 rings (SSSR count). The zero-order valence-corrected chi connectivity index (χ0v) is 21.2. The number of nitrogens with one attached hydrogen (secondary N) is 2. The van der Waals surface area contributed by atoms with E-state index in [-0.39, 0.29) is 30.6 Å². The molecule has 2 N–H and O–H groups in total. The third kappa shape index (κ3) is 6.51. The number of benzene rings is 1. The summed E-state index contributed by atoms with van der Waals surface area (Å²) in [7, 11) is 0. The summed E-state index contributed by atoms with van der Waals surface area (Å²) >= 11 is 1.35. The molecule has 0 atom stereocenters. The van der Waals surface area contributed by atoms with Crippen LogP contribution in [0.1, 0.15) is 35.0 Å². The summed E-state index contributed by atoms with van der Waals surface area (Å²) in [6.07, 6.45) is 3.46. The molecule has 0 bridgehead atoms. The first-order chi connectivity index (χ1) is 18.5. The van der Waals surface area contributed by atoms with Crippen LogP contribution in [0.25, 0.3) is 0 Å². The van der Waals surface area contributed by atoms with E-state index in [4.69, 9.17) is 0 Å². The van der Waals surface area contributed by atoms with Crippen LogP contribution in [0.2, 0.25) is 0 Å². The van der Waals surface area contributed by atoms with Crippen LogP contribution in [-0.4, -0.2) is 50.3 Å². The summed E-state index contributed by atoms with van der Waals surface area (Å²) in [5.41, 5.74) is 1.02. The topological polar surface area (TPSA) is 126 Å². The summed E-state index contributed by atoms with van der Waals surface area (Å²) in [5, 5.41) is 23.6. The number of piperidine rings is 1. The van der Waals surface area contributed by atoms with Gasteiger partial charge in [-0.15, -0.1) is 20.4 Å². The lowest BCUT2D eigenvalue weighted by Crippen LogP contribution is -2.33.